The molecule has 1 aliphatic rings. The molecule has 1 aliphatic heterocycles. The Hall–Kier alpha value is -2.32. The first-order chi connectivity index (χ1) is 11.0. The standard InChI is InChI=1S/C14H15ClN4O4/c15-10-6-11-9(5-12(10)16-14(21)22)7-19(17-11)8-13(20)18-1-3-23-4-2-18/h5-7,16H,1-4,8H2,(H,21,22). The summed E-state index contributed by atoms with van der Waals surface area (Å²) in [5, 5.41) is 16.3. The van der Waals surface area contributed by atoms with Crippen LogP contribution in [0.15, 0.2) is 18.3 Å². The third-order valence-corrected chi connectivity index (χ3v) is 3.86. The number of anilines is 1. The molecule has 3 rings (SSSR count). The molecule has 1 aromatic heterocycles. The van der Waals surface area contributed by atoms with Crippen LogP contribution in [0.1, 0.15) is 0 Å². The zero-order chi connectivity index (χ0) is 16.4. The van der Waals surface area contributed by atoms with E-state index in [2.05, 4.69) is 10.4 Å². The molecule has 0 unspecified atom stereocenters. The summed E-state index contributed by atoms with van der Waals surface area (Å²) in [4.78, 5) is 24.7. The summed E-state index contributed by atoms with van der Waals surface area (Å²) < 4.78 is 6.75. The lowest BCUT2D eigenvalue weighted by molar-refractivity contribution is -0.136. The number of ether oxygens (including phenoxy) is 1. The van der Waals surface area contributed by atoms with E-state index in [1.165, 1.54) is 4.68 Å². The van der Waals surface area contributed by atoms with E-state index in [1.54, 1.807) is 23.2 Å². The fourth-order valence-electron chi connectivity index (χ4n) is 2.44. The van der Waals surface area contributed by atoms with Crippen LogP contribution in [0.4, 0.5) is 10.5 Å². The Balaban J connectivity index is 1.79. The summed E-state index contributed by atoms with van der Waals surface area (Å²) in [6.45, 7) is 2.38. The highest BCUT2D eigenvalue weighted by Gasteiger charge is 2.18. The van der Waals surface area contributed by atoms with Crippen LogP contribution in [0.3, 0.4) is 0 Å². The second kappa shape index (κ2) is 6.43. The predicted octanol–water partition coefficient (Wildman–Crippen LogP) is 1.64. The van der Waals surface area contributed by atoms with Crippen LogP contribution in [-0.4, -0.2) is 58.1 Å². The Kier molecular flexibility index (Phi) is 4.35. The molecule has 1 saturated heterocycles. The minimum atomic E-state index is -1.19. The van der Waals surface area contributed by atoms with Gasteiger partial charge in [-0.25, -0.2) is 4.79 Å². The molecule has 0 aliphatic carbocycles. The summed E-state index contributed by atoms with van der Waals surface area (Å²) in [7, 11) is 0. The Morgan fingerprint density at radius 3 is 2.78 bits per heavy atom. The second-order valence-corrected chi connectivity index (χ2v) is 5.55. The number of hydrogen-bond donors (Lipinski definition) is 2. The van der Waals surface area contributed by atoms with E-state index in [0.717, 1.165) is 0 Å². The molecule has 0 atom stereocenters. The lowest BCUT2D eigenvalue weighted by Crippen LogP contribution is -2.42. The minimum absolute atomic E-state index is 0.0314. The third kappa shape index (κ3) is 3.54. The van der Waals surface area contributed by atoms with Crippen molar-refractivity contribution < 1.29 is 19.4 Å². The van der Waals surface area contributed by atoms with Crippen LogP contribution < -0.4 is 5.32 Å². The Morgan fingerprint density at radius 1 is 1.35 bits per heavy atom. The maximum absolute atomic E-state index is 12.2. The van der Waals surface area contributed by atoms with Crippen molar-refractivity contribution in [2.45, 2.75) is 6.54 Å². The van der Waals surface area contributed by atoms with E-state index >= 15 is 0 Å². The van der Waals surface area contributed by atoms with Crippen molar-refractivity contribution in [3.63, 3.8) is 0 Å². The molecule has 0 radical (unpaired) electrons. The lowest BCUT2D eigenvalue weighted by Gasteiger charge is -2.26. The van der Waals surface area contributed by atoms with Gasteiger partial charge in [-0.05, 0) is 12.1 Å². The monoisotopic (exact) mass is 338 g/mol. The van der Waals surface area contributed by atoms with Gasteiger partial charge >= 0.3 is 6.09 Å². The average molecular weight is 339 g/mol. The van der Waals surface area contributed by atoms with Crippen LogP contribution in [0, 0.1) is 0 Å². The molecule has 1 aromatic carbocycles. The minimum Gasteiger partial charge on any atom is -0.465 e. The summed E-state index contributed by atoms with van der Waals surface area (Å²) >= 11 is 6.02. The Labute approximate surface area is 136 Å². The number of carboxylic acid groups (broad SMARTS) is 1. The van der Waals surface area contributed by atoms with Gasteiger partial charge in [-0.15, -0.1) is 0 Å². The predicted molar refractivity (Wildman–Crippen MR) is 83.8 cm³/mol. The number of rotatable bonds is 3. The number of carbonyl (C=O) groups is 2. The van der Waals surface area contributed by atoms with E-state index < -0.39 is 6.09 Å². The van der Waals surface area contributed by atoms with Gasteiger partial charge in [0.15, 0.2) is 0 Å². The van der Waals surface area contributed by atoms with Crippen molar-refractivity contribution in [1.29, 1.82) is 0 Å². The van der Waals surface area contributed by atoms with Gasteiger partial charge in [-0.1, -0.05) is 11.6 Å². The smallest absolute Gasteiger partial charge is 0.409 e. The van der Waals surface area contributed by atoms with Crippen molar-refractivity contribution in [1.82, 2.24) is 14.7 Å². The van der Waals surface area contributed by atoms with E-state index in [4.69, 9.17) is 21.4 Å². The van der Waals surface area contributed by atoms with Gasteiger partial charge in [0, 0.05) is 24.7 Å². The van der Waals surface area contributed by atoms with Crippen molar-refractivity contribution in [2.75, 3.05) is 31.6 Å². The van der Waals surface area contributed by atoms with Gasteiger partial charge in [0.25, 0.3) is 0 Å². The number of nitrogens with one attached hydrogen (secondary N) is 1. The maximum atomic E-state index is 12.2. The molecule has 2 heterocycles. The van der Waals surface area contributed by atoms with Crippen LogP contribution in [0.25, 0.3) is 10.9 Å². The molecule has 2 N–H and O–H groups in total. The maximum Gasteiger partial charge on any atom is 0.409 e. The van der Waals surface area contributed by atoms with Crippen LogP contribution in [0.2, 0.25) is 5.02 Å². The molecule has 8 nitrogen and oxygen atoms in total. The summed E-state index contributed by atoms with van der Waals surface area (Å²) in [5.41, 5.74) is 0.881. The fraction of sp³-hybridized carbons (Fsp3) is 0.357. The molecular formula is C14H15ClN4O4. The Bertz CT molecular complexity index is 755. The van der Waals surface area contributed by atoms with Crippen molar-refractivity contribution in [2.24, 2.45) is 0 Å². The van der Waals surface area contributed by atoms with Gasteiger partial charge in [0.05, 0.1) is 29.4 Å². The van der Waals surface area contributed by atoms with E-state index in [1.807, 2.05) is 0 Å². The zero-order valence-electron chi connectivity index (χ0n) is 12.2. The molecule has 1 fully saturated rings. The number of hydrogen-bond acceptors (Lipinski definition) is 4. The molecule has 9 heteroatoms. The molecule has 0 spiro atoms. The van der Waals surface area contributed by atoms with Gasteiger partial charge < -0.3 is 14.7 Å². The van der Waals surface area contributed by atoms with Crippen molar-refractivity contribution in [3.05, 3.63) is 23.4 Å². The Morgan fingerprint density at radius 2 is 2.09 bits per heavy atom. The highest BCUT2D eigenvalue weighted by Crippen LogP contribution is 2.27. The highest BCUT2D eigenvalue weighted by atomic mass is 35.5. The fourth-order valence-corrected chi connectivity index (χ4v) is 2.65. The molecule has 0 bridgehead atoms. The van der Waals surface area contributed by atoms with E-state index in [-0.39, 0.29) is 23.2 Å². The van der Waals surface area contributed by atoms with E-state index in [0.29, 0.717) is 37.2 Å². The number of carbonyl (C=O) groups excluding carboxylic acids is 1. The molecule has 2 amide bonds. The van der Waals surface area contributed by atoms with Crippen LogP contribution in [0.5, 0.6) is 0 Å². The molecule has 122 valence electrons. The summed E-state index contributed by atoms with van der Waals surface area (Å²) in [6, 6.07) is 3.16. The van der Waals surface area contributed by atoms with Crippen molar-refractivity contribution in [3.8, 4) is 0 Å². The largest absolute Gasteiger partial charge is 0.465 e. The van der Waals surface area contributed by atoms with E-state index in [9.17, 15) is 9.59 Å². The number of amides is 2. The number of halogens is 1. The van der Waals surface area contributed by atoms with Crippen LogP contribution >= 0.6 is 11.6 Å². The third-order valence-electron chi connectivity index (χ3n) is 3.54. The summed E-state index contributed by atoms with van der Waals surface area (Å²) in [5.74, 6) is -0.0314. The molecule has 0 saturated carbocycles. The summed E-state index contributed by atoms with van der Waals surface area (Å²) in [6.07, 6.45) is 0.498. The van der Waals surface area contributed by atoms with Crippen LogP contribution in [-0.2, 0) is 16.1 Å². The second-order valence-electron chi connectivity index (χ2n) is 5.14. The van der Waals surface area contributed by atoms with Gasteiger partial charge in [-0.2, -0.15) is 5.10 Å². The molecule has 2 aromatic rings. The van der Waals surface area contributed by atoms with Crippen molar-refractivity contribution >= 4 is 40.2 Å². The van der Waals surface area contributed by atoms with Gasteiger partial charge in [-0.3, -0.25) is 14.8 Å². The van der Waals surface area contributed by atoms with Gasteiger partial charge in [0.1, 0.15) is 6.54 Å². The molecular weight excluding hydrogens is 324 g/mol. The first-order valence-electron chi connectivity index (χ1n) is 7.05. The number of fused-ring (bicyclic) bond motifs is 1. The first kappa shape index (κ1) is 15.6. The number of morpholine rings is 1. The van der Waals surface area contributed by atoms with Gasteiger partial charge in [0.2, 0.25) is 5.91 Å². The zero-order valence-corrected chi connectivity index (χ0v) is 12.9. The quantitative estimate of drug-likeness (QED) is 0.886. The SMILES string of the molecule is O=C(O)Nc1cc2cn(CC(=O)N3CCOCC3)nc2cc1Cl. The average Bonchev–Trinajstić information content (AvgIpc) is 2.89. The number of benzene rings is 1. The number of nitrogens with zero attached hydrogens (tertiary/aromatic N) is 3. The lowest BCUT2D eigenvalue weighted by atomic mass is 10.2. The highest BCUT2D eigenvalue weighted by molar-refractivity contribution is 6.34. The first-order valence-corrected chi connectivity index (χ1v) is 7.43. The topological polar surface area (TPSA) is 96.7 Å². The molecule has 23 heavy (non-hydrogen) atoms. The number of aromatic nitrogens is 2. The normalized spacial score (nSPS) is 14.9.